The number of hydrogen-bond donors (Lipinski definition) is 3. The molecule has 1 rings (SSSR count). The SMILES string of the molecule is COCCNC(=O)N1CCNC(=O)C1CC(=O)O. The van der Waals surface area contributed by atoms with Gasteiger partial charge in [0.05, 0.1) is 13.0 Å². The van der Waals surface area contributed by atoms with Gasteiger partial charge in [-0.1, -0.05) is 0 Å². The van der Waals surface area contributed by atoms with Crippen LogP contribution in [0.25, 0.3) is 0 Å². The van der Waals surface area contributed by atoms with E-state index in [0.29, 0.717) is 26.2 Å². The Kier molecular flexibility index (Phi) is 5.37. The molecule has 18 heavy (non-hydrogen) atoms. The van der Waals surface area contributed by atoms with E-state index in [4.69, 9.17) is 9.84 Å². The minimum atomic E-state index is -1.12. The molecule has 102 valence electrons. The van der Waals surface area contributed by atoms with Gasteiger partial charge in [0.25, 0.3) is 0 Å². The van der Waals surface area contributed by atoms with Crippen molar-refractivity contribution in [1.82, 2.24) is 15.5 Å². The standard InChI is InChI=1S/C10H17N3O5/c1-18-5-3-12-10(17)13-4-2-11-9(16)7(13)6-8(14)15/h7H,2-6H2,1H3,(H,11,16)(H,12,17)(H,14,15). The van der Waals surface area contributed by atoms with Crippen molar-refractivity contribution >= 4 is 17.9 Å². The molecule has 0 bridgehead atoms. The first-order valence-corrected chi connectivity index (χ1v) is 5.59. The zero-order chi connectivity index (χ0) is 13.5. The lowest BCUT2D eigenvalue weighted by molar-refractivity contribution is -0.142. The van der Waals surface area contributed by atoms with E-state index in [9.17, 15) is 14.4 Å². The Hall–Kier alpha value is -1.83. The molecule has 1 atom stereocenters. The van der Waals surface area contributed by atoms with Crippen LogP contribution in [0.15, 0.2) is 0 Å². The zero-order valence-electron chi connectivity index (χ0n) is 10.1. The van der Waals surface area contributed by atoms with Crippen molar-refractivity contribution in [1.29, 1.82) is 0 Å². The maximum Gasteiger partial charge on any atom is 0.318 e. The molecule has 1 fully saturated rings. The summed E-state index contributed by atoms with van der Waals surface area (Å²) in [7, 11) is 1.51. The smallest absolute Gasteiger partial charge is 0.318 e. The summed E-state index contributed by atoms with van der Waals surface area (Å²) in [5.74, 6) is -1.56. The summed E-state index contributed by atoms with van der Waals surface area (Å²) < 4.78 is 4.79. The average molecular weight is 259 g/mol. The number of methoxy groups -OCH3 is 1. The second kappa shape index (κ2) is 6.80. The molecule has 0 aromatic carbocycles. The molecular weight excluding hydrogens is 242 g/mol. The van der Waals surface area contributed by atoms with Crippen molar-refractivity contribution in [2.75, 3.05) is 33.4 Å². The van der Waals surface area contributed by atoms with Crippen LogP contribution < -0.4 is 10.6 Å². The highest BCUT2D eigenvalue weighted by atomic mass is 16.5. The number of urea groups is 1. The summed E-state index contributed by atoms with van der Waals surface area (Å²) in [6.07, 6.45) is -0.399. The lowest BCUT2D eigenvalue weighted by Gasteiger charge is -2.34. The molecule has 1 unspecified atom stereocenters. The molecular formula is C10H17N3O5. The number of hydrogen-bond acceptors (Lipinski definition) is 4. The molecule has 0 spiro atoms. The number of carboxylic acids is 1. The molecule has 0 radical (unpaired) electrons. The van der Waals surface area contributed by atoms with Crippen molar-refractivity contribution in [2.45, 2.75) is 12.5 Å². The van der Waals surface area contributed by atoms with Crippen molar-refractivity contribution in [3.63, 3.8) is 0 Å². The fourth-order valence-electron chi connectivity index (χ4n) is 1.69. The third kappa shape index (κ3) is 3.88. The Balaban J connectivity index is 2.60. The number of carbonyl (C=O) groups excluding carboxylic acids is 2. The lowest BCUT2D eigenvalue weighted by Crippen LogP contribution is -2.60. The second-order valence-corrected chi connectivity index (χ2v) is 3.82. The van der Waals surface area contributed by atoms with Gasteiger partial charge in [-0.15, -0.1) is 0 Å². The number of ether oxygens (including phenoxy) is 1. The fourth-order valence-corrected chi connectivity index (χ4v) is 1.69. The third-order valence-corrected chi connectivity index (χ3v) is 2.54. The molecule has 1 saturated heterocycles. The predicted octanol–water partition coefficient (Wildman–Crippen LogP) is -1.38. The number of piperazine rings is 1. The zero-order valence-corrected chi connectivity index (χ0v) is 10.1. The Morgan fingerprint density at radius 1 is 1.61 bits per heavy atom. The summed E-state index contributed by atoms with van der Waals surface area (Å²) >= 11 is 0. The van der Waals surface area contributed by atoms with Crippen molar-refractivity contribution in [3.8, 4) is 0 Å². The van der Waals surface area contributed by atoms with Gasteiger partial charge in [-0.05, 0) is 0 Å². The Morgan fingerprint density at radius 3 is 2.94 bits per heavy atom. The van der Waals surface area contributed by atoms with Crippen molar-refractivity contribution in [3.05, 3.63) is 0 Å². The summed E-state index contributed by atoms with van der Waals surface area (Å²) in [5.41, 5.74) is 0. The fraction of sp³-hybridized carbons (Fsp3) is 0.700. The first kappa shape index (κ1) is 14.2. The van der Waals surface area contributed by atoms with Gasteiger partial charge < -0.3 is 25.4 Å². The topological polar surface area (TPSA) is 108 Å². The highest BCUT2D eigenvalue weighted by Crippen LogP contribution is 2.09. The molecule has 8 heteroatoms. The molecule has 0 aliphatic carbocycles. The average Bonchev–Trinajstić information content (AvgIpc) is 2.31. The van der Waals surface area contributed by atoms with Crippen LogP contribution in [0.3, 0.4) is 0 Å². The number of carbonyl (C=O) groups is 3. The van der Waals surface area contributed by atoms with E-state index in [2.05, 4.69) is 10.6 Å². The number of carboxylic acid groups (broad SMARTS) is 1. The largest absolute Gasteiger partial charge is 0.481 e. The number of nitrogens with zero attached hydrogens (tertiary/aromatic N) is 1. The molecule has 1 aliphatic heterocycles. The summed E-state index contributed by atoms with van der Waals surface area (Å²) in [4.78, 5) is 35.3. The second-order valence-electron chi connectivity index (χ2n) is 3.82. The lowest BCUT2D eigenvalue weighted by atomic mass is 10.1. The Bertz CT molecular complexity index is 333. The van der Waals surface area contributed by atoms with Gasteiger partial charge in [-0.2, -0.15) is 0 Å². The van der Waals surface area contributed by atoms with Crippen LogP contribution in [0.4, 0.5) is 4.79 Å². The number of rotatable bonds is 5. The number of nitrogens with one attached hydrogen (secondary N) is 2. The van der Waals surface area contributed by atoms with E-state index in [-0.39, 0.29) is 0 Å². The van der Waals surface area contributed by atoms with Crippen LogP contribution in [0.5, 0.6) is 0 Å². The van der Waals surface area contributed by atoms with E-state index < -0.39 is 30.4 Å². The van der Waals surface area contributed by atoms with Crippen molar-refractivity contribution in [2.24, 2.45) is 0 Å². The van der Waals surface area contributed by atoms with Crippen LogP contribution in [-0.4, -0.2) is 67.3 Å². The van der Waals surface area contributed by atoms with E-state index in [1.807, 2.05) is 0 Å². The maximum absolute atomic E-state index is 11.8. The molecule has 1 heterocycles. The minimum absolute atomic E-state index is 0.294. The summed E-state index contributed by atoms with van der Waals surface area (Å²) in [6.45, 7) is 1.29. The first-order chi connectivity index (χ1) is 8.56. The van der Waals surface area contributed by atoms with E-state index in [1.165, 1.54) is 12.0 Å². The van der Waals surface area contributed by atoms with Gasteiger partial charge in [0.15, 0.2) is 0 Å². The molecule has 0 saturated carbocycles. The van der Waals surface area contributed by atoms with Crippen LogP contribution >= 0.6 is 0 Å². The molecule has 8 nitrogen and oxygen atoms in total. The van der Waals surface area contributed by atoms with E-state index in [0.717, 1.165) is 0 Å². The monoisotopic (exact) mass is 259 g/mol. The van der Waals surface area contributed by atoms with Crippen LogP contribution in [0.2, 0.25) is 0 Å². The van der Waals surface area contributed by atoms with Crippen LogP contribution in [0, 0.1) is 0 Å². The van der Waals surface area contributed by atoms with E-state index >= 15 is 0 Å². The quantitative estimate of drug-likeness (QED) is 0.527. The highest BCUT2D eigenvalue weighted by Gasteiger charge is 2.34. The number of aliphatic carboxylic acids is 1. The maximum atomic E-state index is 11.8. The van der Waals surface area contributed by atoms with Crippen LogP contribution in [0.1, 0.15) is 6.42 Å². The Morgan fingerprint density at radius 2 is 2.33 bits per heavy atom. The molecule has 0 aromatic heterocycles. The summed E-state index contributed by atoms with van der Waals surface area (Å²) in [6, 6.07) is -1.41. The van der Waals surface area contributed by atoms with Gasteiger partial charge in [-0.25, -0.2) is 4.79 Å². The van der Waals surface area contributed by atoms with Gasteiger partial charge in [0.1, 0.15) is 6.04 Å². The van der Waals surface area contributed by atoms with Crippen LogP contribution in [-0.2, 0) is 14.3 Å². The molecule has 1 aliphatic rings. The third-order valence-electron chi connectivity index (χ3n) is 2.54. The van der Waals surface area contributed by atoms with Crippen molar-refractivity contribution < 1.29 is 24.2 Å². The molecule has 3 N–H and O–H groups in total. The highest BCUT2D eigenvalue weighted by molar-refractivity contribution is 5.91. The first-order valence-electron chi connectivity index (χ1n) is 5.59. The summed E-state index contributed by atoms with van der Waals surface area (Å²) in [5, 5.41) is 13.8. The normalized spacial score (nSPS) is 19.3. The molecule has 3 amide bonds. The van der Waals surface area contributed by atoms with Gasteiger partial charge in [0.2, 0.25) is 5.91 Å². The minimum Gasteiger partial charge on any atom is -0.481 e. The van der Waals surface area contributed by atoms with Gasteiger partial charge >= 0.3 is 12.0 Å². The number of amides is 3. The molecule has 0 aromatic rings. The Labute approximate surface area is 104 Å². The van der Waals surface area contributed by atoms with Gasteiger partial charge in [0, 0.05) is 26.7 Å². The van der Waals surface area contributed by atoms with Gasteiger partial charge in [-0.3, -0.25) is 9.59 Å². The predicted molar refractivity (Wildman–Crippen MR) is 61.0 cm³/mol. The van der Waals surface area contributed by atoms with E-state index in [1.54, 1.807) is 0 Å².